The van der Waals surface area contributed by atoms with E-state index >= 15 is 0 Å². The first-order chi connectivity index (χ1) is 11.2. The minimum Gasteiger partial charge on any atom is -0.495 e. The van der Waals surface area contributed by atoms with Gasteiger partial charge in [-0.25, -0.2) is 4.79 Å². The Balaban J connectivity index is 1.68. The smallest absolute Gasteiger partial charge is 0.321 e. The summed E-state index contributed by atoms with van der Waals surface area (Å²) in [5.41, 5.74) is 3.40. The normalized spacial score (nSPS) is 20.0. The van der Waals surface area contributed by atoms with Crippen molar-refractivity contribution in [2.45, 2.75) is 32.1 Å². The van der Waals surface area contributed by atoms with Gasteiger partial charge in [0.2, 0.25) is 0 Å². The zero-order valence-corrected chi connectivity index (χ0v) is 14.1. The summed E-state index contributed by atoms with van der Waals surface area (Å²) >= 11 is 0. The van der Waals surface area contributed by atoms with Crippen molar-refractivity contribution < 1.29 is 14.3 Å². The van der Waals surface area contributed by atoms with E-state index in [4.69, 9.17) is 9.47 Å². The van der Waals surface area contributed by atoms with Crippen LogP contribution < -0.4 is 10.1 Å². The molecule has 1 fully saturated rings. The lowest BCUT2D eigenvalue weighted by Gasteiger charge is -2.27. The molecular weight excluding hydrogens is 292 g/mol. The van der Waals surface area contributed by atoms with Crippen LogP contribution >= 0.6 is 0 Å². The van der Waals surface area contributed by atoms with Crippen LogP contribution in [-0.2, 0) is 17.6 Å². The van der Waals surface area contributed by atoms with Crippen LogP contribution in [0.3, 0.4) is 0 Å². The number of aryl methyl sites for hydroxylation is 1. The molecule has 0 aromatic heterocycles. The fourth-order valence-corrected chi connectivity index (χ4v) is 3.58. The number of carbonyl (C=O) groups is 1. The predicted molar refractivity (Wildman–Crippen MR) is 90.2 cm³/mol. The molecule has 23 heavy (non-hydrogen) atoms. The predicted octanol–water partition coefficient (Wildman–Crippen LogP) is 3.07. The van der Waals surface area contributed by atoms with Gasteiger partial charge in [-0.05, 0) is 49.3 Å². The molecular formula is C18H26N2O3. The molecule has 2 aliphatic rings. The summed E-state index contributed by atoms with van der Waals surface area (Å²) in [5, 5.41) is 3.07. The molecule has 5 nitrogen and oxygen atoms in total. The summed E-state index contributed by atoms with van der Waals surface area (Å²) in [6.45, 7) is 2.32. The molecule has 1 aliphatic carbocycles. The Bertz CT molecular complexity index is 568. The molecule has 0 unspecified atom stereocenters. The molecule has 0 radical (unpaired) electrons. The van der Waals surface area contributed by atoms with Gasteiger partial charge >= 0.3 is 6.03 Å². The van der Waals surface area contributed by atoms with Gasteiger partial charge in [0.1, 0.15) is 5.75 Å². The van der Waals surface area contributed by atoms with Crippen molar-refractivity contribution >= 4 is 11.7 Å². The number of amides is 2. The number of fused-ring (bicyclic) bond motifs is 1. The Morgan fingerprint density at radius 2 is 2.26 bits per heavy atom. The Morgan fingerprint density at radius 1 is 1.39 bits per heavy atom. The van der Waals surface area contributed by atoms with Gasteiger partial charge in [0, 0.05) is 26.1 Å². The van der Waals surface area contributed by atoms with Crippen molar-refractivity contribution in [1.82, 2.24) is 4.90 Å². The van der Waals surface area contributed by atoms with Crippen LogP contribution in [0.5, 0.6) is 5.75 Å². The van der Waals surface area contributed by atoms with Crippen LogP contribution in [0.4, 0.5) is 10.5 Å². The van der Waals surface area contributed by atoms with Gasteiger partial charge in [-0.2, -0.15) is 0 Å². The molecule has 5 heteroatoms. The second kappa shape index (κ2) is 7.21. The van der Waals surface area contributed by atoms with E-state index in [1.165, 1.54) is 11.1 Å². The summed E-state index contributed by atoms with van der Waals surface area (Å²) in [4.78, 5) is 14.3. The summed E-state index contributed by atoms with van der Waals surface area (Å²) in [6, 6.07) is 3.99. The van der Waals surface area contributed by atoms with Gasteiger partial charge < -0.3 is 19.7 Å². The summed E-state index contributed by atoms with van der Waals surface area (Å²) < 4.78 is 10.9. The third kappa shape index (κ3) is 3.61. The minimum atomic E-state index is -0.0748. The fourth-order valence-electron chi connectivity index (χ4n) is 3.58. The molecule has 2 amide bonds. The number of urea groups is 1. The van der Waals surface area contributed by atoms with Crippen LogP contribution in [-0.4, -0.2) is 44.8 Å². The minimum absolute atomic E-state index is 0.0748. The number of ether oxygens (including phenoxy) is 2. The topological polar surface area (TPSA) is 50.8 Å². The second-order valence-electron chi connectivity index (χ2n) is 6.53. The van der Waals surface area contributed by atoms with Crippen molar-refractivity contribution in [3.63, 3.8) is 0 Å². The van der Waals surface area contributed by atoms with Gasteiger partial charge in [-0.15, -0.1) is 0 Å². The first kappa shape index (κ1) is 16.1. The quantitative estimate of drug-likeness (QED) is 0.928. The maximum Gasteiger partial charge on any atom is 0.321 e. The maximum absolute atomic E-state index is 12.6. The van der Waals surface area contributed by atoms with Gasteiger partial charge in [0.05, 0.1) is 19.4 Å². The van der Waals surface area contributed by atoms with E-state index in [1.807, 2.05) is 13.1 Å². The first-order valence-corrected chi connectivity index (χ1v) is 8.47. The number of hydrogen-bond donors (Lipinski definition) is 1. The Hall–Kier alpha value is -1.75. The largest absolute Gasteiger partial charge is 0.495 e. The third-order valence-corrected chi connectivity index (χ3v) is 4.83. The molecule has 1 heterocycles. The van der Waals surface area contributed by atoms with Gasteiger partial charge in [0.15, 0.2) is 0 Å². The van der Waals surface area contributed by atoms with E-state index in [0.717, 1.165) is 63.3 Å². The molecule has 0 spiro atoms. The number of hydrogen-bond acceptors (Lipinski definition) is 3. The van der Waals surface area contributed by atoms with Gasteiger partial charge in [-0.3, -0.25) is 0 Å². The molecule has 1 aliphatic heterocycles. The van der Waals surface area contributed by atoms with E-state index in [9.17, 15) is 4.79 Å². The summed E-state index contributed by atoms with van der Waals surface area (Å²) in [5.74, 6) is 1.18. The molecule has 126 valence electrons. The molecule has 3 rings (SSSR count). The summed E-state index contributed by atoms with van der Waals surface area (Å²) in [7, 11) is 3.50. The standard InChI is InChI=1S/C18H26N2O3/c1-20(11-13-5-4-10-23-12-13)18(21)19-17-15-7-3-6-14(15)8-9-16(17)22-2/h8-9,13H,3-7,10-12H2,1-2H3,(H,19,21)/t13-/m0/s1. The molecule has 1 atom stereocenters. The van der Waals surface area contributed by atoms with Gasteiger partial charge in [0.25, 0.3) is 0 Å². The van der Waals surface area contributed by atoms with E-state index in [2.05, 4.69) is 11.4 Å². The van der Waals surface area contributed by atoms with Crippen LogP contribution in [0.2, 0.25) is 0 Å². The molecule has 1 aromatic rings. The summed E-state index contributed by atoms with van der Waals surface area (Å²) in [6.07, 6.45) is 5.43. The Kier molecular flexibility index (Phi) is 5.06. The average molecular weight is 318 g/mol. The molecule has 0 saturated carbocycles. The zero-order chi connectivity index (χ0) is 16.2. The van der Waals surface area contributed by atoms with Crippen LogP contribution in [0, 0.1) is 5.92 Å². The van der Waals surface area contributed by atoms with Crippen LogP contribution in [0.15, 0.2) is 12.1 Å². The number of benzene rings is 1. The lowest BCUT2D eigenvalue weighted by atomic mass is 10.0. The first-order valence-electron chi connectivity index (χ1n) is 8.47. The highest BCUT2D eigenvalue weighted by Gasteiger charge is 2.23. The number of methoxy groups -OCH3 is 1. The highest BCUT2D eigenvalue weighted by Crippen LogP contribution is 2.36. The highest BCUT2D eigenvalue weighted by atomic mass is 16.5. The fraction of sp³-hybridized carbons (Fsp3) is 0.611. The van der Waals surface area contributed by atoms with Crippen LogP contribution in [0.25, 0.3) is 0 Å². The molecule has 1 saturated heterocycles. The average Bonchev–Trinajstić information content (AvgIpc) is 3.05. The van der Waals surface area contributed by atoms with E-state index in [0.29, 0.717) is 5.92 Å². The molecule has 0 bridgehead atoms. The van der Waals surface area contributed by atoms with Crippen LogP contribution in [0.1, 0.15) is 30.4 Å². The van der Waals surface area contributed by atoms with Gasteiger partial charge in [-0.1, -0.05) is 6.07 Å². The van der Waals surface area contributed by atoms with Crippen molar-refractivity contribution in [1.29, 1.82) is 0 Å². The van der Waals surface area contributed by atoms with Crippen molar-refractivity contribution in [2.24, 2.45) is 5.92 Å². The third-order valence-electron chi connectivity index (χ3n) is 4.83. The number of nitrogens with one attached hydrogen (secondary N) is 1. The lowest BCUT2D eigenvalue weighted by molar-refractivity contribution is 0.0464. The number of nitrogens with zero attached hydrogens (tertiary/aromatic N) is 1. The van der Waals surface area contributed by atoms with Crippen molar-refractivity contribution in [3.05, 3.63) is 23.3 Å². The lowest BCUT2D eigenvalue weighted by Crippen LogP contribution is -2.37. The van der Waals surface area contributed by atoms with E-state index in [1.54, 1.807) is 12.0 Å². The molecule has 1 aromatic carbocycles. The number of carbonyl (C=O) groups excluding carboxylic acids is 1. The van der Waals surface area contributed by atoms with Crippen molar-refractivity contribution in [3.8, 4) is 5.75 Å². The number of rotatable bonds is 4. The Morgan fingerprint density at radius 3 is 3.00 bits per heavy atom. The molecule has 1 N–H and O–H groups in total. The van der Waals surface area contributed by atoms with E-state index < -0.39 is 0 Å². The monoisotopic (exact) mass is 318 g/mol. The number of anilines is 1. The van der Waals surface area contributed by atoms with Crippen molar-refractivity contribution in [2.75, 3.05) is 39.2 Å². The highest BCUT2D eigenvalue weighted by molar-refractivity contribution is 5.92. The Labute approximate surface area is 137 Å². The second-order valence-corrected chi connectivity index (χ2v) is 6.53. The maximum atomic E-state index is 12.6. The van der Waals surface area contributed by atoms with E-state index in [-0.39, 0.29) is 6.03 Å². The SMILES string of the molecule is COc1ccc2c(c1NC(=O)N(C)C[C@@H]1CCCOC1)CCC2. The zero-order valence-electron chi connectivity index (χ0n) is 14.1.